The number of carboxylic acids is 1. The Morgan fingerprint density at radius 3 is 2.90 bits per heavy atom. The Morgan fingerprint density at radius 1 is 1.48 bits per heavy atom. The zero-order chi connectivity index (χ0) is 15.4. The summed E-state index contributed by atoms with van der Waals surface area (Å²) >= 11 is 6.00. The van der Waals surface area contributed by atoms with E-state index in [4.69, 9.17) is 22.4 Å². The Bertz CT molecular complexity index is 550. The number of hydrogen-bond acceptors (Lipinski definition) is 4. The van der Waals surface area contributed by atoms with Gasteiger partial charge >= 0.3 is 5.97 Å². The third-order valence-electron chi connectivity index (χ3n) is 3.49. The lowest BCUT2D eigenvalue weighted by Gasteiger charge is -2.29. The monoisotopic (exact) mass is 311 g/mol. The fourth-order valence-corrected chi connectivity index (χ4v) is 2.66. The van der Waals surface area contributed by atoms with Crippen molar-refractivity contribution in [3.05, 3.63) is 23.2 Å². The van der Waals surface area contributed by atoms with Crippen LogP contribution in [0.2, 0.25) is 5.02 Å². The molecular weight excluding hydrogens is 294 g/mol. The van der Waals surface area contributed by atoms with Crippen LogP contribution in [0.3, 0.4) is 0 Å². The van der Waals surface area contributed by atoms with E-state index >= 15 is 0 Å². The van der Waals surface area contributed by atoms with Crippen LogP contribution in [0.1, 0.15) is 12.8 Å². The molecule has 4 N–H and O–H groups in total. The molecule has 0 saturated carbocycles. The summed E-state index contributed by atoms with van der Waals surface area (Å²) in [6.07, 6.45) is 1.45. The number of anilines is 2. The number of nitrogens with one attached hydrogen (secondary N) is 1. The van der Waals surface area contributed by atoms with Gasteiger partial charge in [-0.15, -0.1) is 0 Å². The van der Waals surface area contributed by atoms with Crippen LogP contribution >= 0.6 is 11.6 Å². The van der Waals surface area contributed by atoms with Crippen LogP contribution in [0, 0.1) is 5.92 Å². The normalized spacial score (nSPS) is 19.2. The lowest BCUT2D eigenvalue weighted by Crippen LogP contribution is -2.42. The van der Waals surface area contributed by atoms with Gasteiger partial charge in [-0.1, -0.05) is 11.6 Å². The second-order valence-corrected chi connectivity index (χ2v) is 5.61. The predicted molar refractivity (Wildman–Crippen MR) is 81.3 cm³/mol. The van der Waals surface area contributed by atoms with Crippen molar-refractivity contribution in [1.29, 1.82) is 0 Å². The molecule has 1 amide bonds. The van der Waals surface area contributed by atoms with E-state index in [1.165, 1.54) is 0 Å². The summed E-state index contributed by atoms with van der Waals surface area (Å²) in [5.41, 5.74) is 6.62. The first-order chi connectivity index (χ1) is 9.95. The van der Waals surface area contributed by atoms with Crippen molar-refractivity contribution < 1.29 is 14.7 Å². The third-order valence-corrected chi connectivity index (χ3v) is 3.80. The van der Waals surface area contributed by atoms with Gasteiger partial charge in [-0.05, 0) is 37.6 Å². The van der Waals surface area contributed by atoms with E-state index in [0.717, 1.165) is 13.0 Å². The summed E-state index contributed by atoms with van der Waals surface area (Å²) in [5, 5.41) is 12.1. The minimum Gasteiger partial charge on any atom is -0.481 e. The van der Waals surface area contributed by atoms with E-state index in [-0.39, 0.29) is 12.5 Å². The minimum atomic E-state index is -0.804. The molecule has 0 spiro atoms. The predicted octanol–water partition coefficient (Wildman–Crippen LogP) is 1.66. The highest BCUT2D eigenvalue weighted by Gasteiger charge is 2.26. The third kappa shape index (κ3) is 4.34. The first-order valence-corrected chi connectivity index (χ1v) is 7.13. The Balaban J connectivity index is 1.91. The van der Waals surface area contributed by atoms with E-state index < -0.39 is 11.9 Å². The largest absolute Gasteiger partial charge is 0.481 e. The molecule has 1 fully saturated rings. The summed E-state index contributed by atoms with van der Waals surface area (Å²) in [4.78, 5) is 24.9. The average Bonchev–Trinajstić information content (AvgIpc) is 2.42. The van der Waals surface area contributed by atoms with Gasteiger partial charge in [-0.25, -0.2) is 0 Å². The van der Waals surface area contributed by atoms with Crippen LogP contribution in [0.25, 0.3) is 0 Å². The minimum absolute atomic E-state index is 0.157. The van der Waals surface area contributed by atoms with Crippen molar-refractivity contribution >= 4 is 34.9 Å². The smallest absolute Gasteiger partial charge is 0.307 e. The zero-order valence-corrected chi connectivity index (χ0v) is 12.3. The van der Waals surface area contributed by atoms with Crippen molar-refractivity contribution in [3.8, 4) is 0 Å². The fraction of sp³-hybridized carbons (Fsp3) is 0.429. The number of carboxylic acid groups (broad SMARTS) is 1. The highest BCUT2D eigenvalue weighted by Crippen LogP contribution is 2.24. The van der Waals surface area contributed by atoms with Gasteiger partial charge in [0.1, 0.15) is 0 Å². The fourth-order valence-electron chi connectivity index (χ4n) is 2.43. The van der Waals surface area contributed by atoms with E-state index in [2.05, 4.69) is 5.32 Å². The maximum absolute atomic E-state index is 12.0. The van der Waals surface area contributed by atoms with Crippen molar-refractivity contribution in [1.82, 2.24) is 4.90 Å². The average molecular weight is 312 g/mol. The van der Waals surface area contributed by atoms with E-state index in [0.29, 0.717) is 29.4 Å². The standard InChI is InChI=1S/C14H18ClN3O3/c15-11-6-10(16)3-4-12(11)17-13(19)8-18-5-1-2-9(7-18)14(20)21/h3-4,6,9H,1-2,5,7-8,16H2,(H,17,19)(H,20,21). The van der Waals surface area contributed by atoms with Crippen molar-refractivity contribution in [2.24, 2.45) is 5.92 Å². The molecule has 1 saturated heterocycles. The molecule has 0 radical (unpaired) electrons. The SMILES string of the molecule is Nc1ccc(NC(=O)CN2CCCC(C(=O)O)C2)c(Cl)c1. The van der Waals surface area contributed by atoms with Gasteiger partial charge in [0.2, 0.25) is 5.91 Å². The van der Waals surface area contributed by atoms with Gasteiger partial charge in [0.25, 0.3) is 0 Å². The molecule has 2 rings (SSSR count). The molecule has 1 atom stereocenters. The van der Waals surface area contributed by atoms with Crippen molar-refractivity contribution in [2.75, 3.05) is 30.7 Å². The molecule has 0 bridgehead atoms. The molecule has 7 heteroatoms. The topological polar surface area (TPSA) is 95.7 Å². The molecule has 21 heavy (non-hydrogen) atoms. The lowest BCUT2D eigenvalue weighted by atomic mass is 9.98. The molecule has 1 aliphatic rings. The number of nitrogens with two attached hydrogens (primary N) is 1. The van der Waals surface area contributed by atoms with Crippen molar-refractivity contribution in [3.63, 3.8) is 0 Å². The van der Waals surface area contributed by atoms with Crippen LogP contribution in [-0.2, 0) is 9.59 Å². The molecule has 1 aromatic rings. The van der Waals surface area contributed by atoms with Gasteiger partial charge in [-0.2, -0.15) is 0 Å². The second-order valence-electron chi connectivity index (χ2n) is 5.20. The van der Waals surface area contributed by atoms with Gasteiger partial charge in [0.05, 0.1) is 23.2 Å². The molecule has 114 valence electrons. The first kappa shape index (κ1) is 15.6. The van der Waals surface area contributed by atoms with Crippen LogP contribution in [0.15, 0.2) is 18.2 Å². The van der Waals surface area contributed by atoms with Crippen LogP contribution < -0.4 is 11.1 Å². The number of benzene rings is 1. The number of nitrogen functional groups attached to an aromatic ring is 1. The summed E-state index contributed by atoms with van der Waals surface area (Å²) in [6, 6.07) is 4.87. The number of amides is 1. The molecule has 1 unspecified atom stereocenters. The van der Waals surface area contributed by atoms with Crippen LogP contribution in [-0.4, -0.2) is 41.5 Å². The molecule has 6 nitrogen and oxygen atoms in total. The number of halogens is 1. The molecule has 0 aliphatic carbocycles. The number of aliphatic carboxylic acids is 1. The number of rotatable bonds is 4. The maximum atomic E-state index is 12.0. The highest BCUT2D eigenvalue weighted by molar-refractivity contribution is 6.34. The number of hydrogen-bond donors (Lipinski definition) is 3. The van der Waals surface area contributed by atoms with Gasteiger partial charge in [0, 0.05) is 12.2 Å². The maximum Gasteiger partial charge on any atom is 0.307 e. The lowest BCUT2D eigenvalue weighted by molar-refractivity contribution is -0.144. The summed E-state index contributed by atoms with van der Waals surface area (Å²) < 4.78 is 0. The number of piperidine rings is 1. The number of carbonyl (C=O) groups is 2. The Labute approximate surface area is 127 Å². The van der Waals surface area contributed by atoms with E-state index in [9.17, 15) is 9.59 Å². The Hall–Kier alpha value is -1.79. The summed E-state index contributed by atoms with van der Waals surface area (Å²) in [6.45, 7) is 1.29. The summed E-state index contributed by atoms with van der Waals surface area (Å²) in [5.74, 6) is -1.42. The molecule has 1 heterocycles. The second kappa shape index (κ2) is 6.78. The number of likely N-dealkylation sites (tertiary alicyclic amines) is 1. The summed E-state index contributed by atoms with van der Waals surface area (Å²) in [7, 11) is 0. The van der Waals surface area contributed by atoms with Crippen LogP contribution in [0.5, 0.6) is 0 Å². The highest BCUT2D eigenvalue weighted by atomic mass is 35.5. The number of nitrogens with zero attached hydrogens (tertiary/aromatic N) is 1. The van der Waals surface area contributed by atoms with Gasteiger partial charge in [-0.3, -0.25) is 14.5 Å². The Kier molecular flexibility index (Phi) is 5.03. The molecule has 0 aromatic heterocycles. The molecule has 1 aliphatic heterocycles. The number of carbonyl (C=O) groups excluding carboxylic acids is 1. The molecular formula is C14H18ClN3O3. The van der Waals surface area contributed by atoms with Crippen molar-refractivity contribution in [2.45, 2.75) is 12.8 Å². The van der Waals surface area contributed by atoms with E-state index in [1.807, 2.05) is 4.90 Å². The molecule has 1 aromatic carbocycles. The zero-order valence-electron chi connectivity index (χ0n) is 11.5. The van der Waals surface area contributed by atoms with Gasteiger partial charge < -0.3 is 16.2 Å². The van der Waals surface area contributed by atoms with Gasteiger partial charge in [0.15, 0.2) is 0 Å². The Morgan fingerprint density at radius 2 is 2.24 bits per heavy atom. The first-order valence-electron chi connectivity index (χ1n) is 6.75. The quantitative estimate of drug-likeness (QED) is 0.735. The van der Waals surface area contributed by atoms with Crippen LogP contribution in [0.4, 0.5) is 11.4 Å². The van der Waals surface area contributed by atoms with E-state index in [1.54, 1.807) is 18.2 Å².